The van der Waals surface area contributed by atoms with Crippen molar-refractivity contribution in [2.45, 2.75) is 27.7 Å². The number of benzene rings is 1. The summed E-state index contributed by atoms with van der Waals surface area (Å²) in [6.07, 6.45) is 1.74. The van der Waals surface area contributed by atoms with Gasteiger partial charge in [-0.15, -0.1) is 0 Å². The maximum Gasteiger partial charge on any atom is 0.127 e. The molecule has 148 valence electrons. The molecule has 0 saturated carbocycles. The number of fused-ring (bicyclic) bond motifs is 3. The second kappa shape index (κ2) is 6.77. The number of H-pyrrole nitrogens is 2. The number of aromatic amines is 2. The van der Waals surface area contributed by atoms with E-state index in [4.69, 9.17) is 15.9 Å². The smallest absolute Gasteiger partial charge is 0.127 e. The number of nitrogens with one attached hydrogen (secondary N) is 3. The van der Waals surface area contributed by atoms with Crippen LogP contribution in [0.25, 0.3) is 38.5 Å². The molecule has 5 N–H and O–H groups in total. The molecular weight excluding hydrogens is 364 g/mol. The third-order valence-corrected chi connectivity index (χ3v) is 5.23. The van der Waals surface area contributed by atoms with E-state index in [0.717, 1.165) is 50.1 Å². The van der Waals surface area contributed by atoms with Crippen molar-refractivity contribution in [3.05, 3.63) is 47.2 Å². The van der Waals surface area contributed by atoms with Crippen molar-refractivity contribution in [1.82, 2.24) is 20.2 Å². The molecule has 0 spiro atoms. The Labute approximate surface area is 168 Å². The van der Waals surface area contributed by atoms with E-state index in [-0.39, 0.29) is 0 Å². The number of hydrogen-bond acceptors (Lipinski definition) is 5. The molecular formula is C22H24N6O. The van der Waals surface area contributed by atoms with Crippen molar-refractivity contribution in [1.29, 1.82) is 5.41 Å². The number of nitrogens with two attached hydrogens (primary N) is 1. The van der Waals surface area contributed by atoms with Gasteiger partial charge in [-0.2, -0.15) is 5.10 Å². The van der Waals surface area contributed by atoms with Gasteiger partial charge in [-0.05, 0) is 45.9 Å². The quantitative estimate of drug-likeness (QED) is 0.386. The summed E-state index contributed by atoms with van der Waals surface area (Å²) in [5.41, 5.74) is 14.2. The Balaban J connectivity index is 2.10. The van der Waals surface area contributed by atoms with Crippen LogP contribution in [0, 0.1) is 19.3 Å². The number of ether oxygens (including phenoxy) is 1. The van der Waals surface area contributed by atoms with Crippen LogP contribution in [0.5, 0.6) is 5.75 Å². The summed E-state index contributed by atoms with van der Waals surface area (Å²) in [4.78, 5) is 8.06. The largest absolute Gasteiger partial charge is 0.496 e. The Morgan fingerprint density at radius 2 is 1.93 bits per heavy atom. The number of hydrogen-bond donors (Lipinski definition) is 4. The van der Waals surface area contributed by atoms with E-state index >= 15 is 0 Å². The molecule has 0 aliphatic carbocycles. The lowest BCUT2D eigenvalue weighted by Crippen LogP contribution is -2.06. The zero-order chi connectivity index (χ0) is 20.9. The highest BCUT2D eigenvalue weighted by Crippen LogP contribution is 2.40. The highest BCUT2D eigenvalue weighted by atomic mass is 16.5. The summed E-state index contributed by atoms with van der Waals surface area (Å²) in [5, 5.41) is 17.5. The van der Waals surface area contributed by atoms with E-state index in [0.29, 0.717) is 22.7 Å². The highest BCUT2D eigenvalue weighted by molar-refractivity contribution is 6.26. The van der Waals surface area contributed by atoms with Crippen LogP contribution in [-0.2, 0) is 0 Å². The van der Waals surface area contributed by atoms with Crippen LogP contribution in [0.15, 0.2) is 30.1 Å². The third kappa shape index (κ3) is 2.86. The van der Waals surface area contributed by atoms with Gasteiger partial charge in [0.25, 0.3) is 0 Å². The zero-order valence-electron chi connectivity index (χ0n) is 17.2. The zero-order valence-corrected chi connectivity index (χ0v) is 17.2. The van der Waals surface area contributed by atoms with Crippen LogP contribution in [0.3, 0.4) is 0 Å². The van der Waals surface area contributed by atoms with E-state index in [2.05, 4.69) is 26.2 Å². The normalized spacial score (nSPS) is 12.4. The average Bonchev–Trinajstić information content (AvgIpc) is 3.19. The Kier molecular flexibility index (Phi) is 4.38. The first-order valence-corrected chi connectivity index (χ1v) is 9.36. The molecule has 0 bridgehead atoms. The number of nitrogens with zero attached hydrogens (tertiary/aromatic N) is 2. The summed E-state index contributed by atoms with van der Waals surface area (Å²) >= 11 is 0. The maximum atomic E-state index is 8.19. The number of pyridine rings is 1. The highest BCUT2D eigenvalue weighted by Gasteiger charge is 2.20. The van der Waals surface area contributed by atoms with E-state index in [1.165, 1.54) is 0 Å². The summed E-state index contributed by atoms with van der Waals surface area (Å²) in [6, 6.07) is 6.03. The fraction of sp³-hybridized carbons (Fsp3) is 0.227. The molecule has 0 aliphatic rings. The first-order valence-electron chi connectivity index (χ1n) is 9.36. The molecule has 4 rings (SSSR count). The summed E-state index contributed by atoms with van der Waals surface area (Å²) in [6.45, 7) is 7.50. The van der Waals surface area contributed by atoms with E-state index < -0.39 is 0 Å². The van der Waals surface area contributed by atoms with Crippen LogP contribution in [-0.4, -0.2) is 33.0 Å². The molecule has 7 heteroatoms. The van der Waals surface area contributed by atoms with Gasteiger partial charge >= 0.3 is 0 Å². The summed E-state index contributed by atoms with van der Waals surface area (Å²) < 4.78 is 5.75. The standard InChI is InChI=1S/C22H24N6O/c1-10(23)19(11(2)24)22-21-14-9-18(29-5)15(20-12(3)27-28-13(20)4)8-17(14)26-16(21)6-7-25-22/h6-9,23,26H,24H2,1-5H3,(H,27,28)/b19-11+,23-10?. The lowest BCUT2D eigenvalue weighted by molar-refractivity contribution is 0.417. The maximum absolute atomic E-state index is 8.19. The predicted molar refractivity (Wildman–Crippen MR) is 117 cm³/mol. The Morgan fingerprint density at radius 3 is 2.52 bits per heavy atom. The van der Waals surface area contributed by atoms with Crippen LogP contribution < -0.4 is 10.5 Å². The van der Waals surface area contributed by atoms with Crippen molar-refractivity contribution < 1.29 is 4.74 Å². The first kappa shape index (κ1) is 18.7. The molecule has 3 aromatic heterocycles. The molecule has 3 heterocycles. The van der Waals surface area contributed by atoms with Gasteiger partial charge in [-0.1, -0.05) is 0 Å². The fourth-order valence-electron chi connectivity index (χ4n) is 4.04. The van der Waals surface area contributed by atoms with E-state index in [1.54, 1.807) is 27.2 Å². The monoisotopic (exact) mass is 388 g/mol. The van der Waals surface area contributed by atoms with Crippen molar-refractivity contribution in [2.24, 2.45) is 5.73 Å². The molecule has 0 radical (unpaired) electrons. The molecule has 0 saturated heterocycles. The molecule has 7 nitrogen and oxygen atoms in total. The van der Waals surface area contributed by atoms with Crippen molar-refractivity contribution >= 4 is 33.1 Å². The number of allylic oxidation sites excluding steroid dienone is 2. The van der Waals surface area contributed by atoms with Gasteiger partial charge in [0.05, 0.1) is 24.0 Å². The van der Waals surface area contributed by atoms with Crippen LogP contribution in [0.4, 0.5) is 0 Å². The molecule has 0 unspecified atom stereocenters. The van der Waals surface area contributed by atoms with Crippen LogP contribution in [0.2, 0.25) is 0 Å². The molecule has 0 amide bonds. The minimum atomic E-state index is 0.382. The SMILES string of the molecule is COc1cc2c(cc1-c1c(C)n[nH]c1C)[nH]c1ccnc(/C(C(C)=N)=C(\C)N)c12. The van der Waals surface area contributed by atoms with Crippen molar-refractivity contribution in [3.63, 3.8) is 0 Å². The Morgan fingerprint density at radius 1 is 1.17 bits per heavy atom. The van der Waals surface area contributed by atoms with Crippen LogP contribution in [0.1, 0.15) is 30.9 Å². The van der Waals surface area contributed by atoms with Gasteiger partial charge in [-0.3, -0.25) is 10.1 Å². The minimum absolute atomic E-state index is 0.382. The molecule has 0 atom stereocenters. The lowest BCUT2D eigenvalue weighted by Gasteiger charge is -2.11. The van der Waals surface area contributed by atoms with Gasteiger partial charge in [0.15, 0.2) is 0 Å². The molecule has 29 heavy (non-hydrogen) atoms. The minimum Gasteiger partial charge on any atom is -0.496 e. The van der Waals surface area contributed by atoms with Gasteiger partial charge in [0, 0.05) is 56.3 Å². The molecule has 0 aliphatic heterocycles. The molecule has 0 fully saturated rings. The van der Waals surface area contributed by atoms with Gasteiger partial charge < -0.3 is 20.9 Å². The molecule has 4 aromatic rings. The number of methoxy groups -OCH3 is 1. The topological polar surface area (TPSA) is 116 Å². The molecule has 1 aromatic carbocycles. The van der Waals surface area contributed by atoms with Gasteiger partial charge in [0.2, 0.25) is 0 Å². The van der Waals surface area contributed by atoms with Crippen molar-refractivity contribution in [3.8, 4) is 16.9 Å². The Bertz CT molecular complexity index is 1280. The first-order chi connectivity index (χ1) is 13.8. The average molecular weight is 388 g/mol. The van der Waals surface area contributed by atoms with E-state index in [1.807, 2.05) is 26.0 Å². The lowest BCUT2D eigenvalue weighted by atomic mass is 9.98. The number of aromatic nitrogens is 4. The van der Waals surface area contributed by atoms with Gasteiger partial charge in [0.1, 0.15) is 5.75 Å². The summed E-state index contributed by atoms with van der Waals surface area (Å²) in [7, 11) is 1.67. The number of aryl methyl sites for hydroxylation is 2. The summed E-state index contributed by atoms with van der Waals surface area (Å²) in [5.74, 6) is 0.752. The Hall–Kier alpha value is -3.61. The predicted octanol–water partition coefficient (Wildman–Crippen LogP) is 4.46. The van der Waals surface area contributed by atoms with Crippen molar-refractivity contribution in [2.75, 3.05) is 7.11 Å². The van der Waals surface area contributed by atoms with E-state index in [9.17, 15) is 0 Å². The second-order valence-electron chi connectivity index (χ2n) is 7.30. The number of rotatable bonds is 4. The third-order valence-electron chi connectivity index (χ3n) is 5.23. The second-order valence-corrected chi connectivity index (χ2v) is 7.30. The fourth-order valence-corrected chi connectivity index (χ4v) is 4.04. The van der Waals surface area contributed by atoms with Gasteiger partial charge in [-0.25, -0.2) is 0 Å². The van der Waals surface area contributed by atoms with Crippen LogP contribution >= 0.6 is 0 Å².